The number of nitrogens with zero attached hydrogens (tertiary/aromatic N) is 1. The lowest BCUT2D eigenvalue weighted by Gasteiger charge is -2.29. The number of amides is 2. The van der Waals surface area contributed by atoms with Crippen molar-refractivity contribution in [1.82, 2.24) is 10.2 Å². The fourth-order valence-corrected chi connectivity index (χ4v) is 3.99. The highest BCUT2D eigenvalue weighted by atomic mass is 35.5. The molecule has 0 bridgehead atoms. The molecular formula is C27H36Cl2N2O2. The molecule has 1 unspecified atom stereocenters. The van der Waals surface area contributed by atoms with Gasteiger partial charge in [0.05, 0.1) is 0 Å². The second-order valence-electron chi connectivity index (χ2n) is 9.52. The summed E-state index contributed by atoms with van der Waals surface area (Å²) in [5, 5.41) is 3.95. The minimum Gasteiger partial charge on any atom is -0.354 e. The minimum absolute atomic E-state index is 0.0842. The third-order valence-electron chi connectivity index (χ3n) is 5.80. The van der Waals surface area contributed by atoms with Crippen molar-refractivity contribution in [3.05, 3.63) is 69.2 Å². The van der Waals surface area contributed by atoms with Gasteiger partial charge in [0.1, 0.15) is 6.04 Å². The molecule has 2 aromatic rings. The van der Waals surface area contributed by atoms with Gasteiger partial charge >= 0.3 is 0 Å². The topological polar surface area (TPSA) is 49.4 Å². The van der Waals surface area contributed by atoms with Gasteiger partial charge in [-0.2, -0.15) is 0 Å². The highest BCUT2D eigenvalue weighted by molar-refractivity contribution is 6.35. The van der Waals surface area contributed by atoms with Crippen LogP contribution >= 0.6 is 23.2 Å². The molecule has 0 fully saturated rings. The number of unbranched alkanes of at least 4 members (excludes halogenated alkanes) is 1. The molecule has 4 nitrogen and oxygen atoms in total. The lowest BCUT2D eigenvalue weighted by Crippen LogP contribution is -2.47. The molecule has 33 heavy (non-hydrogen) atoms. The second-order valence-corrected chi connectivity index (χ2v) is 10.4. The highest BCUT2D eigenvalue weighted by Crippen LogP contribution is 2.25. The second kappa shape index (κ2) is 12.4. The van der Waals surface area contributed by atoms with E-state index in [9.17, 15) is 9.59 Å². The van der Waals surface area contributed by atoms with Crippen molar-refractivity contribution in [2.75, 3.05) is 6.54 Å². The van der Waals surface area contributed by atoms with Crippen LogP contribution in [0.5, 0.6) is 0 Å². The predicted molar refractivity (Wildman–Crippen MR) is 138 cm³/mol. The number of nitrogens with one attached hydrogen (secondary N) is 1. The molecular weight excluding hydrogens is 455 g/mol. The highest BCUT2D eigenvalue weighted by Gasteiger charge is 2.26. The molecule has 1 atom stereocenters. The average molecular weight is 492 g/mol. The summed E-state index contributed by atoms with van der Waals surface area (Å²) >= 11 is 12.4. The first-order valence-corrected chi connectivity index (χ1v) is 12.4. The van der Waals surface area contributed by atoms with Crippen LogP contribution in [0.2, 0.25) is 10.0 Å². The van der Waals surface area contributed by atoms with E-state index >= 15 is 0 Å². The Balaban J connectivity index is 2.15. The third kappa shape index (κ3) is 8.35. The van der Waals surface area contributed by atoms with Gasteiger partial charge in [-0.1, -0.05) is 87.6 Å². The lowest BCUT2D eigenvalue weighted by atomic mass is 9.86. The van der Waals surface area contributed by atoms with E-state index in [1.807, 2.05) is 0 Å². The van der Waals surface area contributed by atoms with Crippen molar-refractivity contribution >= 4 is 35.0 Å². The number of halogens is 2. The average Bonchev–Trinajstić information content (AvgIpc) is 2.76. The quantitative estimate of drug-likeness (QED) is 0.383. The first kappa shape index (κ1) is 27.2. The Bertz CT molecular complexity index is 936. The van der Waals surface area contributed by atoms with Crippen LogP contribution in [0.1, 0.15) is 70.6 Å². The predicted octanol–water partition coefficient (Wildman–Crippen LogP) is 6.56. The molecule has 0 aliphatic heterocycles. The summed E-state index contributed by atoms with van der Waals surface area (Å²) < 4.78 is 0. The van der Waals surface area contributed by atoms with Crippen LogP contribution in [0.25, 0.3) is 0 Å². The number of rotatable bonds is 10. The molecule has 180 valence electrons. The maximum absolute atomic E-state index is 13.3. The Morgan fingerprint density at radius 3 is 2.30 bits per heavy atom. The zero-order valence-electron chi connectivity index (χ0n) is 20.4. The van der Waals surface area contributed by atoms with Gasteiger partial charge in [-0.3, -0.25) is 9.59 Å². The van der Waals surface area contributed by atoms with E-state index in [4.69, 9.17) is 23.2 Å². The molecule has 6 heteroatoms. The van der Waals surface area contributed by atoms with E-state index in [1.165, 1.54) is 5.56 Å². The Kier molecular flexibility index (Phi) is 10.2. The fourth-order valence-electron chi connectivity index (χ4n) is 3.52. The maximum atomic E-state index is 13.3. The monoisotopic (exact) mass is 490 g/mol. The molecule has 2 rings (SSSR count). The molecule has 0 radical (unpaired) electrons. The van der Waals surface area contributed by atoms with Gasteiger partial charge in [0, 0.05) is 29.6 Å². The number of benzene rings is 2. The molecule has 1 N–H and O–H groups in total. The van der Waals surface area contributed by atoms with Gasteiger partial charge in [0.2, 0.25) is 11.8 Å². The smallest absolute Gasteiger partial charge is 0.242 e. The van der Waals surface area contributed by atoms with Gasteiger partial charge in [-0.05, 0) is 54.0 Å². The summed E-state index contributed by atoms with van der Waals surface area (Å²) in [4.78, 5) is 27.6. The molecule has 0 spiro atoms. The standard InChI is InChI=1S/C27H36Cl2N2O2/c1-6-7-16-30-26(33)19(2)31(18-21-11-14-23(28)17-24(21)29)25(32)15-10-20-8-12-22(13-9-20)27(3,4)5/h8-9,11-14,17,19H,6-7,10,15-16,18H2,1-5H3,(H,30,33). The van der Waals surface area contributed by atoms with Crippen molar-refractivity contribution in [2.24, 2.45) is 0 Å². The van der Waals surface area contributed by atoms with E-state index in [-0.39, 0.29) is 23.8 Å². The van der Waals surface area contributed by atoms with Gasteiger partial charge in [-0.25, -0.2) is 0 Å². The molecule has 2 aromatic carbocycles. The van der Waals surface area contributed by atoms with Gasteiger partial charge in [0.25, 0.3) is 0 Å². The van der Waals surface area contributed by atoms with Crippen molar-refractivity contribution in [3.8, 4) is 0 Å². The molecule has 0 saturated carbocycles. The first-order chi connectivity index (χ1) is 15.5. The summed E-state index contributed by atoms with van der Waals surface area (Å²) in [6, 6.07) is 13.0. The van der Waals surface area contributed by atoms with Crippen LogP contribution in [0, 0.1) is 0 Å². The largest absolute Gasteiger partial charge is 0.354 e. The van der Waals surface area contributed by atoms with Crippen LogP contribution in [0.3, 0.4) is 0 Å². The minimum atomic E-state index is -0.607. The van der Waals surface area contributed by atoms with Crippen molar-refractivity contribution in [2.45, 2.75) is 78.3 Å². The summed E-state index contributed by atoms with van der Waals surface area (Å²) in [5.74, 6) is -0.240. The van der Waals surface area contributed by atoms with Crippen LogP contribution < -0.4 is 5.32 Å². The normalized spacial score (nSPS) is 12.3. The van der Waals surface area contributed by atoms with E-state index in [2.05, 4.69) is 57.3 Å². The van der Waals surface area contributed by atoms with Crippen LogP contribution in [0.4, 0.5) is 0 Å². The lowest BCUT2D eigenvalue weighted by molar-refractivity contribution is -0.140. The molecule has 0 aliphatic rings. The fraction of sp³-hybridized carbons (Fsp3) is 0.481. The Morgan fingerprint density at radius 1 is 1.06 bits per heavy atom. The summed E-state index contributed by atoms with van der Waals surface area (Å²) in [6.45, 7) is 11.2. The Hall–Kier alpha value is -2.04. The molecule has 0 saturated heterocycles. The van der Waals surface area contributed by atoms with Crippen molar-refractivity contribution in [3.63, 3.8) is 0 Å². The Morgan fingerprint density at radius 2 is 1.73 bits per heavy atom. The summed E-state index contributed by atoms with van der Waals surface area (Å²) in [5.41, 5.74) is 3.20. The maximum Gasteiger partial charge on any atom is 0.242 e. The first-order valence-electron chi connectivity index (χ1n) is 11.6. The Labute approximate surface area is 208 Å². The zero-order valence-corrected chi connectivity index (χ0v) is 21.9. The number of aryl methyl sites for hydroxylation is 1. The van der Waals surface area contributed by atoms with Gasteiger partial charge in [-0.15, -0.1) is 0 Å². The van der Waals surface area contributed by atoms with Crippen LogP contribution in [-0.4, -0.2) is 29.3 Å². The van der Waals surface area contributed by atoms with E-state index < -0.39 is 6.04 Å². The van der Waals surface area contributed by atoms with Crippen molar-refractivity contribution < 1.29 is 9.59 Å². The van der Waals surface area contributed by atoms with Gasteiger partial charge in [0.15, 0.2) is 0 Å². The summed E-state index contributed by atoms with van der Waals surface area (Å²) in [7, 11) is 0. The number of carbonyl (C=O) groups is 2. The number of hydrogen-bond donors (Lipinski definition) is 1. The molecule has 2 amide bonds. The van der Waals surface area contributed by atoms with Gasteiger partial charge < -0.3 is 10.2 Å². The number of carbonyl (C=O) groups excluding carboxylic acids is 2. The third-order valence-corrected chi connectivity index (χ3v) is 6.39. The number of hydrogen-bond acceptors (Lipinski definition) is 2. The van der Waals surface area contributed by atoms with Crippen LogP contribution in [-0.2, 0) is 28.0 Å². The van der Waals surface area contributed by atoms with Crippen LogP contribution in [0.15, 0.2) is 42.5 Å². The van der Waals surface area contributed by atoms with Crippen molar-refractivity contribution in [1.29, 1.82) is 0 Å². The SMILES string of the molecule is CCCCNC(=O)C(C)N(Cc1ccc(Cl)cc1Cl)C(=O)CCc1ccc(C(C)(C)C)cc1. The summed E-state index contributed by atoms with van der Waals surface area (Å²) in [6.07, 6.45) is 2.82. The molecule has 0 heterocycles. The molecule has 0 aliphatic carbocycles. The van der Waals surface area contributed by atoms with E-state index in [0.29, 0.717) is 29.4 Å². The van der Waals surface area contributed by atoms with E-state index in [0.717, 1.165) is 24.0 Å². The van der Waals surface area contributed by atoms with E-state index in [1.54, 1.807) is 30.0 Å². The molecule has 0 aromatic heterocycles. The zero-order chi connectivity index (χ0) is 24.6.